The summed E-state index contributed by atoms with van der Waals surface area (Å²) in [5.41, 5.74) is 0.933. The van der Waals surface area contributed by atoms with Gasteiger partial charge in [-0.15, -0.1) is 0 Å². The Kier molecular flexibility index (Phi) is 3.77. The van der Waals surface area contributed by atoms with Crippen molar-refractivity contribution in [3.05, 3.63) is 59.4 Å². The first-order chi connectivity index (χ1) is 10.1. The maximum atomic E-state index is 11.1. The van der Waals surface area contributed by atoms with E-state index in [2.05, 4.69) is 9.97 Å². The van der Waals surface area contributed by atoms with E-state index in [1.54, 1.807) is 18.2 Å². The molecule has 0 bridgehead atoms. The average Bonchev–Trinajstić information content (AvgIpc) is 2.49. The van der Waals surface area contributed by atoms with Crippen LogP contribution < -0.4 is 0 Å². The van der Waals surface area contributed by atoms with Crippen molar-refractivity contribution in [2.75, 3.05) is 0 Å². The first kappa shape index (κ1) is 13.9. The Morgan fingerprint density at radius 1 is 1.14 bits per heavy atom. The van der Waals surface area contributed by atoms with E-state index in [1.165, 1.54) is 18.1 Å². The van der Waals surface area contributed by atoms with Crippen molar-refractivity contribution >= 4 is 40.2 Å². The number of aromatic carboxylic acids is 1. The second kappa shape index (κ2) is 5.71. The molecule has 3 aromatic rings. The van der Waals surface area contributed by atoms with Crippen LogP contribution in [0, 0.1) is 0 Å². The highest BCUT2D eigenvalue weighted by atomic mass is 35.5. The van der Waals surface area contributed by atoms with Gasteiger partial charge < -0.3 is 5.11 Å². The van der Waals surface area contributed by atoms with Crippen LogP contribution in [0.5, 0.6) is 0 Å². The standard InChI is InChI=1S/C15H9ClN2O2S/c16-12-6-5-9(7-11(12)15(19)20)21-14-10-3-1-2-4-13(10)17-8-18-14/h1-8H,(H,19,20). The van der Waals surface area contributed by atoms with Crippen molar-refractivity contribution in [1.82, 2.24) is 9.97 Å². The zero-order valence-corrected chi connectivity index (χ0v) is 12.2. The highest BCUT2D eigenvalue weighted by Crippen LogP contribution is 2.32. The Labute approximate surface area is 129 Å². The molecular weight excluding hydrogens is 308 g/mol. The molecule has 0 saturated heterocycles. The zero-order valence-electron chi connectivity index (χ0n) is 10.7. The van der Waals surface area contributed by atoms with Gasteiger partial charge in [0.25, 0.3) is 0 Å². The lowest BCUT2D eigenvalue weighted by Crippen LogP contribution is -1.97. The van der Waals surface area contributed by atoms with Gasteiger partial charge in [-0.3, -0.25) is 0 Å². The number of rotatable bonds is 3. The molecule has 1 N–H and O–H groups in total. The molecule has 0 saturated carbocycles. The number of carbonyl (C=O) groups is 1. The number of fused-ring (bicyclic) bond motifs is 1. The zero-order chi connectivity index (χ0) is 14.8. The summed E-state index contributed by atoms with van der Waals surface area (Å²) in [5, 5.41) is 11.0. The van der Waals surface area contributed by atoms with Crippen LogP contribution in [-0.4, -0.2) is 21.0 Å². The van der Waals surface area contributed by atoms with Gasteiger partial charge in [0.05, 0.1) is 16.1 Å². The summed E-state index contributed by atoms with van der Waals surface area (Å²) in [6.07, 6.45) is 1.50. The molecule has 0 atom stereocenters. The topological polar surface area (TPSA) is 63.1 Å². The van der Waals surface area contributed by atoms with Crippen molar-refractivity contribution in [2.24, 2.45) is 0 Å². The number of carboxylic acid groups (broad SMARTS) is 1. The first-order valence-electron chi connectivity index (χ1n) is 6.05. The molecule has 0 spiro atoms. The van der Waals surface area contributed by atoms with Crippen molar-refractivity contribution in [3.63, 3.8) is 0 Å². The molecule has 1 aromatic heterocycles. The number of carboxylic acids is 1. The molecule has 1 heterocycles. The van der Waals surface area contributed by atoms with Crippen molar-refractivity contribution in [1.29, 1.82) is 0 Å². The van der Waals surface area contributed by atoms with Crippen molar-refractivity contribution in [2.45, 2.75) is 9.92 Å². The lowest BCUT2D eigenvalue weighted by Gasteiger charge is -2.06. The van der Waals surface area contributed by atoms with Crippen LogP contribution in [0.25, 0.3) is 10.9 Å². The van der Waals surface area contributed by atoms with Gasteiger partial charge >= 0.3 is 5.97 Å². The minimum atomic E-state index is -1.05. The molecule has 3 rings (SSSR count). The second-order valence-electron chi connectivity index (χ2n) is 4.24. The SMILES string of the molecule is O=C(O)c1cc(Sc2ncnc3ccccc23)ccc1Cl. The molecule has 0 amide bonds. The number of aromatic nitrogens is 2. The summed E-state index contributed by atoms with van der Waals surface area (Å²) in [6, 6.07) is 12.6. The molecule has 4 nitrogen and oxygen atoms in total. The molecule has 6 heteroatoms. The molecule has 0 fully saturated rings. The van der Waals surface area contributed by atoms with E-state index >= 15 is 0 Å². The Bertz CT molecular complexity index is 834. The van der Waals surface area contributed by atoms with Crippen LogP contribution >= 0.6 is 23.4 Å². The fourth-order valence-corrected chi connectivity index (χ4v) is 3.02. The fourth-order valence-electron chi connectivity index (χ4n) is 1.90. The van der Waals surface area contributed by atoms with E-state index in [0.29, 0.717) is 0 Å². The second-order valence-corrected chi connectivity index (χ2v) is 5.71. The lowest BCUT2D eigenvalue weighted by molar-refractivity contribution is 0.0697. The smallest absolute Gasteiger partial charge is 0.337 e. The minimum Gasteiger partial charge on any atom is -0.478 e. The van der Waals surface area contributed by atoms with Gasteiger partial charge in [-0.25, -0.2) is 14.8 Å². The number of benzene rings is 2. The summed E-state index contributed by atoms with van der Waals surface area (Å²) in [6.45, 7) is 0. The lowest BCUT2D eigenvalue weighted by atomic mass is 10.2. The van der Waals surface area contributed by atoms with Crippen molar-refractivity contribution in [3.8, 4) is 0 Å². The normalized spacial score (nSPS) is 10.7. The fraction of sp³-hybridized carbons (Fsp3) is 0. The Balaban J connectivity index is 2.03. The first-order valence-corrected chi connectivity index (χ1v) is 7.25. The van der Waals surface area contributed by atoms with Crippen LogP contribution in [0.1, 0.15) is 10.4 Å². The Morgan fingerprint density at radius 2 is 1.95 bits per heavy atom. The van der Waals surface area contributed by atoms with Gasteiger partial charge in [-0.2, -0.15) is 0 Å². The monoisotopic (exact) mass is 316 g/mol. The molecular formula is C15H9ClN2O2S. The third-order valence-electron chi connectivity index (χ3n) is 2.89. The molecule has 0 aliphatic carbocycles. The van der Waals surface area contributed by atoms with Crippen molar-refractivity contribution < 1.29 is 9.90 Å². The number of hydrogen-bond acceptors (Lipinski definition) is 4. The van der Waals surface area contributed by atoms with E-state index in [1.807, 2.05) is 24.3 Å². The van der Waals surface area contributed by atoms with E-state index in [0.717, 1.165) is 20.8 Å². The van der Waals surface area contributed by atoms with Gasteiger partial charge in [0.1, 0.15) is 11.4 Å². The molecule has 2 aromatic carbocycles. The molecule has 104 valence electrons. The van der Waals surface area contributed by atoms with E-state index < -0.39 is 5.97 Å². The van der Waals surface area contributed by atoms with E-state index in [-0.39, 0.29) is 10.6 Å². The van der Waals surface area contributed by atoms with Gasteiger partial charge in [-0.1, -0.05) is 41.6 Å². The summed E-state index contributed by atoms with van der Waals surface area (Å²) in [7, 11) is 0. The minimum absolute atomic E-state index is 0.0834. The number of halogens is 1. The highest BCUT2D eigenvalue weighted by Gasteiger charge is 2.11. The number of para-hydroxylation sites is 1. The Hall–Kier alpha value is -2.11. The predicted molar refractivity (Wildman–Crippen MR) is 82.1 cm³/mol. The summed E-state index contributed by atoms with van der Waals surface area (Å²) in [5.74, 6) is -1.05. The van der Waals surface area contributed by atoms with Gasteiger partial charge in [0.15, 0.2) is 0 Å². The number of hydrogen-bond donors (Lipinski definition) is 1. The van der Waals surface area contributed by atoms with Crippen LogP contribution in [0.15, 0.2) is 58.7 Å². The maximum absolute atomic E-state index is 11.1. The molecule has 0 unspecified atom stereocenters. The summed E-state index contributed by atoms with van der Waals surface area (Å²) >= 11 is 7.26. The summed E-state index contributed by atoms with van der Waals surface area (Å²) in [4.78, 5) is 20.4. The Morgan fingerprint density at radius 3 is 2.76 bits per heavy atom. The number of nitrogens with zero attached hydrogens (tertiary/aromatic N) is 2. The van der Waals surface area contributed by atoms with Crippen LogP contribution in [0.3, 0.4) is 0 Å². The quantitative estimate of drug-likeness (QED) is 0.736. The third-order valence-corrected chi connectivity index (χ3v) is 4.23. The van der Waals surface area contributed by atoms with Gasteiger partial charge in [0.2, 0.25) is 0 Å². The van der Waals surface area contributed by atoms with E-state index in [4.69, 9.17) is 16.7 Å². The molecule has 0 aliphatic heterocycles. The van der Waals surface area contributed by atoms with Gasteiger partial charge in [0, 0.05) is 10.3 Å². The van der Waals surface area contributed by atoms with Crippen LogP contribution in [-0.2, 0) is 0 Å². The predicted octanol–water partition coefficient (Wildman–Crippen LogP) is 4.13. The average molecular weight is 317 g/mol. The van der Waals surface area contributed by atoms with Crippen LogP contribution in [0.4, 0.5) is 0 Å². The molecule has 21 heavy (non-hydrogen) atoms. The molecule has 0 radical (unpaired) electrons. The maximum Gasteiger partial charge on any atom is 0.337 e. The largest absolute Gasteiger partial charge is 0.478 e. The third kappa shape index (κ3) is 2.84. The van der Waals surface area contributed by atoms with E-state index in [9.17, 15) is 4.79 Å². The molecule has 0 aliphatic rings. The summed E-state index contributed by atoms with van der Waals surface area (Å²) < 4.78 is 0. The van der Waals surface area contributed by atoms with Crippen LogP contribution in [0.2, 0.25) is 5.02 Å². The highest BCUT2D eigenvalue weighted by molar-refractivity contribution is 7.99. The van der Waals surface area contributed by atoms with Gasteiger partial charge in [-0.05, 0) is 24.3 Å².